The van der Waals surface area contributed by atoms with Gasteiger partial charge in [-0.2, -0.15) is 0 Å². The SMILES string of the molecule is CCCC(CBr)COc1ccccc1C(N)=O. The van der Waals surface area contributed by atoms with Gasteiger partial charge in [-0.1, -0.05) is 41.4 Å². The summed E-state index contributed by atoms with van der Waals surface area (Å²) in [7, 11) is 0. The number of carbonyl (C=O) groups excluding carboxylic acids is 1. The van der Waals surface area contributed by atoms with Crippen molar-refractivity contribution in [3.05, 3.63) is 29.8 Å². The van der Waals surface area contributed by atoms with Crippen LogP contribution in [0.2, 0.25) is 0 Å². The third-order valence-corrected chi connectivity index (χ3v) is 3.46. The molecule has 0 aliphatic heterocycles. The summed E-state index contributed by atoms with van der Waals surface area (Å²) >= 11 is 3.47. The van der Waals surface area contributed by atoms with Gasteiger partial charge in [0.25, 0.3) is 5.91 Å². The minimum absolute atomic E-state index is 0.442. The zero-order valence-electron chi connectivity index (χ0n) is 9.99. The van der Waals surface area contributed by atoms with E-state index in [1.54, 1.807) is 18.2 Å². The molecule has 2 N–H and O–H groups in total. The average Bonchev–Trinajstić information content (AvgIpc) is 2.34. The van der Waals surface area contributed by atoms with Gasteiger partial charge in [0, 0.05) is 11.2 Å². The Morgan fingerprint density at radius 2 is 2.18 bits per heavy atom. The van der Waals surface area contributed by atoms with Crippen molar-refractivity contribution in [1.82, 2.24) is 0 Å². The van der Waals surface area contributed by atoms with E-state index in [4.69, 9.17) is 10.5 Å². The molecule has 17 heavy (non-hydrogen) atoms. The number of amides is 1. The minimum atomic E-state index is -0.452. The third-order valence-electron chi connectivity index (χ3n) is 2.54. The fourth-order valence-corrected chi connectivity index (χ4v) is 2.13. The van der Waals surface area contributed by atoms with Crippen LogP contribution in [-0.4, -0.2) is 17.8 Å². The summed E-state index contributed by atoms with van der Waals surface area (Å²) in [6.07, 6.45) is 2.22. The van der Waals surface area contributed by atoms with Gasteiger partial charge in [0.15, 0.2) is 0 Å². The maximum atomic E-state index is 11.2. The van der Waals surface area contributed by atoms with Gasteiger partial charge in [-0.05, 0) is 18.6 Å². The molecule has 0 aromatic heterocycles. The van der Waals surface area contributed by atoms with Gasteiger partial charge < -0.3 is 10.5 Å². The molecule has 0 saturated carbocycles. The van der Waals surface area contributed by atoms with Crippen molar-refractivity contribution in [2.75, 3.05) is 11.9 Å². The van der Waals surface area contributed by atoms with Crippen LogP contribution in [0.15, 0.2) is 24.3 Å². The van der Waals surface area contributed by atoms with E-state index in [1.807, 2.05) is 6.07 Å². The van der Waals surface area contributed by atoms with Crippen molar-refractivity contribution in [3.63, 3.8) is 0 Å². The molecule has 0 heterocycles. The summed E-state index contributed by atoms with van der Waals surface area (Å²) in [4.78, 5) is 11.2. The summed E-state index contributed by atoms with van der Waals surface area (Å²) in [5.41, 5.74) is 5.73. The van der Waals surface area contributed by atoms with Gasteiger partial charge in [-0.3, -0.25) is 4.79 Å². The Labute approximate surface area is 110 Å². The van der Waals surface area contributed by atoms with E-state index in [-0.39, 0.29) is 0 Å². The van der Waals surface area contributed by atoms with Gasteiger partial charge in [0.05, 0.1) is 12.2 Å². The van der Waals surface area contributed by atoms with Crippen LogP contribution < -0.4 is 10.5 Å². The molecule has 0 radical (unpaired) electrons. The fraction of sp³-hybridized carbons (Fsp3) is 0.462. The van der Waals surface area contributed by atoms with Crippen molar-refractivity contribution >= 4 is 21.8 Å². The van der Waals surface area contributed by atoms with E-state index in [2.05, 4.69) is 22.9 Å². The van der Waals surface area contributed by atoms with E-state index in [1.165, 1.54) is 0 Å². The number of para-hydroxylation sites is 1. The molecule has 1 amide bonds. The highest BCUT2D eigenvalue weighted by Crippen LogP contribution is 2.19. The molecule has 1 rings (SSSR count). The Morgan fingerprint density at radius 1 is 1.47 bits per heavy atom. The monoisotopic (exact) mass is 299 g/mol. The van der Waals surface area contributed by atoms with Crippen LogP contribution in [0.5, 0.6) is 5.75 Å². The Bertz CT molecular complexity index is 368. The predicted octanol–water partition coefficient (Wildman–Crippen LogP) is 2.98. The first-order valence-electron chi connectivity index (χ1n) is 5.76. The van der Waals surface area contributed by atoms with E-state index in [0.717, 1.165) is 18.2 Å². The zero-order chi connectivity index (χ0) is 12.7. The van der Waals surface area contributed by atoms with Gasteiger partial charge >= 0.3 is 0 Å². The smallest absolute Gasteiger partial charge is 0.252 e. The average molecular weight is 300 g/mol. The van der Waals surface area contributed by atoms with E-state index in [0.29, 0.717) is 23.8 Å². The molecule has 0 saturated heterocycles. The van der Waals surface area contributed by atoms with Crippen LogP contribution in [0, 0.1) is 5.92 Å². The topological polar surface area (TPSA) is 52.3 Å². The molecule has 94 valence electrons. The van der Waals surface area contributed by atoms with Crippen LogP contribution in [0.3, 0.4) is 0 Å². The first-order valence-corrected chi connectivity index (χ1v) is 6.88. The quantitative estimate of drug-likeness (QED) is 0.787. The molecular weight excluding hydrogens is 282 g/mol. The molecule has 0 spiro atoms. The Hall–Kier alpha value is -1.03. The summed E-state index contributed by atoms with van der Waals surface area (Å²) in [5.74, 6) is 0.578. The van der Waals surface area contributed by atoms with Crippen LogP contribution in [0.4, 0.5) is 0 Å². The summed E-state index contributed by atoms with van der Waals surface area (Å²) in [5, 5.41) is 0.902. The summed E-state index contributed by atoms with van der Waals surface area (Å²) in [6, 6.07) is 7.07. The number of nitrogens with two attached hydrogens (primary N) is 1. The number of alkyl halides is 1. The second kappa shape index (κ2) is 7.33. The second-order valence-corrected chi connectivity index (χ2v) is 4.63. The summed E-state index contributed by atoms with van der Waals surface area (Å²) < 4.78 is 5.67. The van der Waals surface area contributed by atoms with Crippen LogP contribution in [0.1, 0.15) is 30.1 Å². The lowest BCUT2D eigenvalue weighted by Crippen LogP contribution is -2.17. The van der Waals surface area contributed by atoms with Crippen molar-refractivity contribution in [2.24, 2.45) is 11.7 Å². The molecule has 0 bridgehead atoms. The second-order valence-electron chi connectivity index (χ2n) is 3.98. The molecule has 1 aromatic carbocycles. The molecule has 1 unspecified atom stereocenters. The van der Waals surface area contributed by atoms with E-state index >= 15 is 0 Å². The highest BCUT2D eigenvalue weighted by Gasteiger charge is 2.11. The summed E-state index contributed by atoms with van der Waals surface area (Å²) in [6.45, 7) is 2.75. The number of ether oxygens (including phenoxy) is 1. The van der Waals surface area contributed by atoms with Crippen molar-refractivity contribution in [1.29, 1.82) is 0 Å². The number of hydrogen-bond donors (Lipinski definition) is 1. The number of benzene rings is 1. The van der Waals surface area contributed by atoms with Gasteiger partial charge in [0.2, 0.25) is 0 Å². The number of hydrogen-bond acceptors (Lipinski definition) is 2. The Morgan fingerprint density at radius 3 is 2.76 bits per heavy atom. The molecule has 1 aromatic rings. The number of carbonyl (C=O) groups is 1. The first kappa shape index (κ1) is 14.0. The maximum Gasteiger partial charge on any atom is 0.252 e. The number of primary amides is 1. The predicted molar refractivity (Wildman–Crippen MR) is 72.6 cm³/mol. The normalized spacial score (nSPS) is 12.1. The molecule has 0 fully saturated rings. The van der Waals surface area contributed by atoms with Crippen LogP contribution >= 0.6 is 15.9 Å². The molecule has 3 nitrogen and oxygen atoms in total. The van der Waals surface area contributed by atoms with Crippen LogP contribution in [0.25, 0.3) is 0 Å². The van der Waals surface area contributed by atoms with Gasteiger partial charge in [-0.25, -0.2) is 0 Å². The number of rotatable bonds is 7. The fourth-order valence-electron chi connectivity index (χ4n) is 1.62. The highest BCUT2D eigenvalue weighted by molar-refractivity contribution is 9.09. The first-order chi connectivity index (χ1) is 8.19. The van der Waals surface area contributed by atoms with E-state index in [9.17, 15) is 4.79 Å². The largest absolute Gasteiger partial charge is 0.492 e. The van der Waals surface area contributed by atoms with E-state index < -0.39 is 5.91 Å². The Balaban J connectivity index is 2.65. The molecule has 0 aliphatic carbocycles. The standard InChI is InChI=1S/C13H18BrNO2/c1-2-5-10(8-14)9-17-12-7-4-3-6-11(12)13(15)16/h3-4,6-7,10H,2,5,8-9H2,1H3,(H2,15,16). The van der Waals surface area contributed by atoms with Crippen LogP contribution in [-0.2, 0) is 0 Å². The van der Waals surface area contributed by atoms with Gasteiger partial charge in [0.1, 0.15) is 5.75 Å². The van der Waals surface area contributed by atoms with Crippen molar-refractivity contribution in [3.8, 4) is 5.75 Å². The maximum absolute atomic E-state index is 11.2. The van der Waals surface area contributed by atoms with Crippen molar-refractivity contribution in [2.45, 2.75) is 19.8 Å². The third kappa shape index (κ3) is 4.38. The van der Waals surface area contributed by atoms with Crippen molar-refractivity contribution < 1.29 is 9.53 Å². The lowest BCUT2D eigenvalue weighted by Gasteiger charge is -2.15. The lowest BCUT2D eigenvalue weighted by atomic mass is 10.1. The Kier molecular flexibility index (Phi) is 6.05. The highest BCUT2D eigenvalue weighted by atomic mass is 79.9. The molecule has 0 aliphatic rings. The molecule has 1 atom stereocenters. The molecular formula is C13H18BrNO2. The lowest BCUT2D eigenvalue weighted by molar-refractivity contribution is 0.0995. The zero-order valence-corrected chi connectivity index (χ0v) is 11.6. The van der Waals surface area contributed by atoms with Gasteiger partial charge in [-0.15, -0.1) is 0 Å². The minimum Gasteiger partial charge on any atom is -0.492 e. The number of halogens is 1. The molecule has 4 heteroatoms.